The van der Waals surface area contributed by atoms with E-state index >= 15 is 0 Å². The molecule has 9 nitrogen and oxygen atoms in total. The first kappa shape index (κ1) is 25.4. The van der Waals surface area contributed by atoms with E-state index in [2.05, 4.69) is 0 Å². The molecular formula is C29H28O9. The van der Waals surface area contributed by atoms with Gasteiger partial charge in [-0.3, -0.25) is 9.59 Å². The summed E-state index contributed by atoms with van der Waals surface area (Å²) >= 11 is 0. The van der Waals surface area contributed by atoms with E-state index in [4.69, 9.17) is 28.4 Å². The van der Waals surface area contributed by atoms with E-state index in [0.29, 0.717) is 22.6 Å². The molecule has 1 aliphatic heterocycles. The van der Waals surface area contributed by atoms with Crippen LogP contribution in [0.5, 0.6) is 23.0 Å². The highest BCUT2D eigenvalue weighted by Crippen LogP contribution is 2.71. The average molecular weight is 521 g/mol. The largest absolute Gasteiger partial charge is 0.497 e. The Kier molecular flexibility index (Phi) is 6.40. The van der Waals surface area contributed by atoms with Gasteiger partial charge in [0.25, 0.3) is 6.47 Å². The van der Waals surface area contributed by atoms with Crippen LogP contribution in [-0.4, -0.2) is 52.1 Å². The van der Waals surface area contributed by atoms with Crippen molar-refractivity contribution in [1.82, 2.24) is 0 Å². The van der Waals surface area contributed by atoms with Crippen LogP contribution in [0.4, 0.5) is 0 Å². The molecule has 0 aromatic heterocycles. The summed E-state index contributed by atoms with van der Waals surface area (Å²) in [5.74, 6) is -1.13. The van der Waals surface area contributed by atoms with E-state index in [1.807, 2.05) is 30.3 Å². The number of carbonyl (C=O) groups excluding carboxylic acids is 2. The number of carbonyl (C=O) groups is 2. The van der Waals surface area contributed by atoms with Crippen molar-refractivity contribution in [1.29, 1.82) is 0 Å². The van der Waals surface area contributed by atoms with Gasteiger partial charge in [-0.2, -0.15) is 0 Å². The van der Waals surface area contributed by atoms with Crippen LogP contribution in [0.2, 0.25) is 0 Å². The van der Waals surface area contributed by atoms with Crippen molar-refractivity contribution in [3.05, 3.63) is 83.4 Å². The fourth-order valence-corrected chi connectivity index (χ4v) is 6.12. The maximum atomic E-state index is 13.4. The van der Waals surface area contributed by atoms with Crippen molar-refractivity contribution < 1.29 is 43.1 Å². The molecule has 1 aliphatic carbocycles. The Bertz CT molecular complexity index is 1340. The van der Waals surface area contributed by atoms with Gasteiger partial charge in [0.05, 0.1) is 34.0 Å². The Hall–Kier alpha value is -4.24. The standard InChI is InChI=1S/C29H28O9/c1-33-19-12-10-18(11-13-19)29-24(17-8-6-5-7-9-17)23(27(31)36-4)26(37-16-30)28(29,32)25-21(35-3)14-20(34-2)15-22(25)38-29/h5-16,23-24,26,32H,1-4H3/t23-,24+,26-,28+,29+/m1/s1. The summed E-state index contributed by atoms with van der Waals surface area (Å²) in [5.41, 5.74) is -2.31. The molecular weight excluding hydrogens is 492 g/mol. The highest BCUT2D eigenvalue weighted by Gasteiger charge is 2.79. The second-order valence-corrected chi connectivity index (χ2v) is 9.13. The molecule has 0 unspecified atom stereocenters. The predicted molar refractivity (Wildman–Crippen MR) is 134 cm³/mol. The van der Waals surface area contributed by atoms with Crippen molar-refractivity contribution >= 4 is 12.4 Å². The fourth-order valence-electron chi connectivity index (χ4n) is 6.12. The van der Waals surface area contributed by atoms with Gasteiger partial charge in [0.2, 0.25) is 0 Å². The normalized spacial score (nSPS) is 26.9. The molecule has 9 heteroatoms. The predicted octanol–water partition coefficient (Wildman–Crippen LogP) is 3.32. The van der Waals surface area contributed by atoms with E-state index < -0.39 is 35.1 Å². The number of rotatable bonds is 8. The van der Waals surface area contributed by atoms with Gasteiger partial charge in [-0.15, -0.1) is 0 Å². The molecule has 0 amide bonds. The Balaban J connectivity index is 1.92. The third-order valence-corrected chi connectivity index (χ3v) is 7.60. The Morgan fingerprint density at radius 2 is 1.61 bits per heavy atom. The second kappa shape index (κ2) is 9.57. The number of hydrogen-bond acceptors (Lipinski definition) is 9. The Morgan fingerprint density at radius 3 is 2.18 bits per heavy atom. The highest BCUT2D eigenvalue weighted by molar-refractivity contribution is 5.79. The summed E-state index contributed by atoms with van der Waals surface area (Å²) in [4.78, 5) is 25.3. The summed E-state index contributed by atoms with van der Waals surface area (Å²) in [5, 5.41) is 13.0. The van der Waals surface area contributed by atoms with Crippen molar-refractivity contribution in [2.75, 3.05) is 28.4 Å². The third kappa shape index (κ3) is 3.35. The molecule has 0 radical (unpaired) electrons. The summed E-state index contributed by atoms with van der Waals surface area (Å²) in [6.07, 6.45) is -1.40. The van der Waals surface area contributed by atoms with E-state index in [-0.39, 0.29) is 23.5 Å². The molecule has 5 rings (SSSR count). The molecule has 1 N–H and O–H groups in total. The van der Waals surface area contributed by atoms with E-state index in [1.165, 1.54) is 21.3 Å². The first-order chi connectivity index (χ1) is 18.4. The minimum absolute atomic E-state index is 0.221. The highest BCUT2D eigenvalue weighted by atomic mass is 16.6. The number of methoxy groups -OCH3 is 4. The van der Waals surface area contributed by atoms with Gasteiger partial charge < -0.3 is 33.5 Å². The Morgan fingerprint density at radius 1 is 0.921 bits per heavy atom. The van der Waals surface area contributed by atoms with Crippen LogP contribution in [0.1, 0.15) is 22.6 Å². The van der Waals surface area contributed by atoms with Gasteiger partial charge in [0.15, 0.2) is 17.3 Å². The van der Waals surface area contributed by atoms with E-state index in [1.54, 1.807) is 43.5 Å². The molecule has 1 fully saturated rings. The second-order valence-electron chi connectivity index (χ2n) is 9.13. The number of benzene rings is 3. The zero-order valence-electron chi connectivity index (χ0n) is 21.4. The molecule has 0 bridgehead atoms. The summed E-state index contributed by atoms with van der Waals surface area (Å²) in [7, 11) is 5.75. The molecule has 2 aliphatic rings. The van der Waals surface area contributed by atoms with Crippen LogP contribution < -0.4 is 18.9 Å². The van der Waals surface area contributed by atoms with Crippen molar-refractivity contribution in [3.8, 4) is 23.0 Å². The number of ether oxygens (including phenoxy) is 6. The number of esters is 1. The molecule has 3 aromatic rings. The SMILES string of the molecule is COC(=O)[C@H]1[C@@H](OC=O)[C@@]2(O)c3c(OC)cc(OC)cc3O[C@@]2(c2ccc(OC)cc2)[C@H]1c1ccccc1. The van der Waals surface area contributed by atoms with Crippen LogP contribution in [0, 0.1) is 5.92 Å². The fraction of sp³-hybridized carbons (Fsp3) is 0.310. The van der Waals surface area contributed by atoms with Gasteiger partial charge in [-0.1, -0.05) is 42.5 Å². The lowest BCUT2D eigenvalue weighted by atomic mass is 9.70. The summed E-state index contributed by atoms with van der Waals surface area (Å²) in [6.45, 7) is 0.221. The van der Waals surface area contributed by atoms with Gasteiger partial charge in [0, 0.05) is 18.1 Å². The van der Waals surface area contributed by atoms with Gasteiger partial charge in [0.1, 0.15) is 28.9 Å². The van der Waals surface area contributed by atoms with Crippen molar-refractivity contribution in [2.24, 2.45) is 5.92 Å². The van der Waals surface area contributed by atoms with Gasteiger partial charge in [-0.05, 0) is 23.3 Å². The zero-order valence-corrected chi connectivity index (χ0v) is 21.4. The smallest absolute Gasteiger partial charge is 0.313 e. The van der Waals surface area contributed by atoms with E-state index in [9.17, 15) is 14.7 Å². The quantitative estimate of drug-likeness (QED) is 0.353. The summed E-state index contributed by atoms with van der Waals surface area (Å²) < 4.78 is 34.1. The molecule has 38 heavy (non-hydrogen) atoms. The molecule has 0 saturated heterocycles. The number of fused-ring (bicyclic) bond motifs is 3. The maximum absolute atomic E-state index is 13.4. The molecule has 198 valence electrons. The van der Waals surface area contributed by atoms with Crippen LogP contribution in [-0.2, 0) is 30.3 Å². The minimum atomic E-state index is -2.09. The number of aliphatic hydroxyl groups is 1. The van der Waals surface area contributed by atoms with Crippen molar-refractivity contribution in [3.63, 3.8) is 0 Å². The van der Waals surface area contributed by atoms with Crippen LogP contribution in [0.15, 0.2) is 66.7 Å². The van der Waals surface area contributed by atoms with Crippen LogP contribution in [0.3, 0.4) is 0 Å². The first-order valence-corrected chi connectivity index (χ1v) is 12.0. The third-order valence-electron chi connectivity index (χ3n) is 7.60. The maximum Gasteiger partial charge on any atom is 0.313 e. The number of hydrogen-bond donors (Lipinski definition) is 1. The Labute approximate surface area is 219 Å². The molecule has 5 atom stereocenters. The lowest BCUT2D eigenvalue weighted by molar-refractivity contribution is -0.177. The topological polar surface area (TPSA) is 110 Å². The molecule has 1 heterocycles. The molecule has 0 spiro atoms. The summed E-state index contributed by atoms with van der Waals surface area (Å²) in [6, 6.07) is 19.4. The lowest BCUT2D eigenvalue weighted by Gasteiger charge is -2.40. The van der Waals surface area contributed by atoms with Gasteiger partial charge >= 0.3 is 5.97 Å². The van der Waals surface area contributed by atoms with Gasteiger partial charge in [-0.25, -0.2) is 0 Å². The minimum Gasteiger partial charge on any atom is -0.497 e. The van der Waals surface area contributed by atoms with Crippen molar-refractivity contribution in [2.45, 2.75) is 23.2 Å². The lowest BCUT2D eigenvalue weighted by Crippen LogP contribution is -2.52. The molecule has 3 aromatic carbocycles. The zero-order chi connectivity index (χ0) is 27.1. The van der Waals surface area contributed by atoms with E-state index in [0.717, 1.165) is 0 Å². The monoisotopic (exact) mass is 520 g/mol. The average Bonchev–Trinajstić information content (AvgIpc) is 3.35. The first-order valence-electron chi connectivity index (χ1n) is 12.0. The van der Waals surface area contributed by atoms with Crippen LogP contribution >= 0.6 is 0 Å². The molecule has 1 saturated carbocycles. The van der Waals surface area contributed by atoms with Crippen LogP contribution in [0.25, 0.3) is 0 Å².